The van der Waals surface area contributed by atoms with Gasteiger partial charge in [-0.25, -0.2) is 4.98 Å². The van der Waals surface area contributed by atoms with Crippen LogP contribution >= 0.6 is 0 Å². The average molecular weight is 326 g/mol. The highest BCUT2D eigenvalue weighted by molar-refractivity contribution is 5.83. The second-order valence-electron chi connectivity index (χ2n) is 6.02. The molecule has 2 aromatic rings. The summed E-state index contributed by atoms with van der Waals surface area (Å²) in [4.78, 5) is 21.1. The first-order chi connectivity index (χ1) is 11.5. The number of aromatic nitrogens is 1. The zero-order valence-electron chi connectivity index (χ0n) is 14.9. The molecule has 1 amide bonds. The van der Waals surface area contributed by atoms with Crippen molar-refractivity contribution in [3.8, 4) is 0 Å². The number of pyridine rings is 1. The summed E-state index contributed by atoms with van der Waals surface area (Å²) in [6, 6.07) is 13.5. The molecule has 0 aliphatic heterocycles. The van der Waals surface area contributed by atoms with E-state index in [1.54, 1.807) is 6.20 Å². The number of amides is 1. The van der Waals surface area contributed by atoms with Crippen molar-refractivity contribution in [1.29, 1.82) is 0 Å². The van der Waals surface area contributed by atoms with Crippen LogP contribution < -0.4 is 10.2 Å². The Morgan fingerprint density at radius 1 is 1.12 bits per heavy atom. The standard InChI is InChI=1S/C19H26N4O/c1-5-23(4)18(16-9-7-6-8-10-16)19(24)21-14-15-11-12-17(20-13-15)22(2)3/h6-13,18H,5,14H2,1-4H3,(H,21,24)/t18-/m0/s1. The summed E-state index contributed by atoms with van der Waals surface area (Å²) in [6.45, 7) is 3.32. The summed E-state index contributed by atoms with van der Waals surface area (Å²) in [6.07, 6.45) is 1.80. The Kier molecular flexibility index (Phi) is 6.32. The summed E-state index contributed by atoms with van der Waals surface area (Å²) in [5.41, 5.74) is 1.99. The van der Waals surface area contributed by atoms with E-state index in [2.05, 4.69) is 10.3 Å². The molecule has 24 heavy (non-hydrogen) atoms. The first kappa shape index (κ1) is 17.9. The second-order valence-corrected chi connectivity index (χ2v) is 6.02. The quantitative estimate of drug-likeness (QED) is 0.849. The van der Waals surface area contributed by atoms with E-state index in [0.29, 0.717) is 6.54 Å². The fourth-order valence-corrected chi connectivity index (χ4v) is 2.50. The number of anilines is 1. The third-order valence-corrected chi connectivity index (χ3v) is 4.04. The molecule has 0 spiro atoms. The van der Waals surface area contributed by atoms with Crippen LogP contribution in [0.1, 0.15) is 24.1 Å². The van der Waals surface area contributed by atoms with Crippen molar-refractivity contribution in [2.75, 3.05) is 32.6 Å². The van der Waals surface area contributed by atoms with Crippen molar-refractivity contribution in [1.82, 2.24) is 15.2 Å². The van der Waals surface area contributed by atoms with Gasteiger partial charge in [-0.1, -0.05) is 43.3 Å². The van der Waals surface area contributed by atoms with Crippen molar-refractivity contribution in [3.63, 3.8) is 0 Å². The normalized spacial score (nSPS) is 12.0. The molecule has 0 aliphatic carbocycles. The van der Waals surface area contributed by atoms with E-state index in [-0.39, 0.29) is 11.9 Å². The maximum absolute atomic E-state index is 12.7. The Bertz CT molecular complexity index is 640. The number of hydrogen-bond donors (Lipinski definition) is 1. The Labute approximate surface area is 144 Å². The van der Waals surface area contributed by atoms with Gasteiger partial charge in [0.05, 0.1) is 0 Å². The molecule has 1 heterocycles. The van der Waals surface area contributed by atoms with Crippen LogP contribution in [0.3, 0.4) is 0 Å². The second kappa shape index (κ2) is 8.45. The van der Waals surface area contributed by atoms with Gasteiger partial charge in [0, 0.05) is 26.8 Å². The van der Waals surface area contributed by atoms with E-state index in [9.17, 15) is 4.79 Å². The third-order valence-electron chi connectivity index (χ3n) is 4.04. The Balaban J connectivity index is 2.05. The lowest BCUT2D eigenvalue weighted by atomic mass is 10.0. The van der Waals surface area contributed by atoms with Crippen LogP contribution in [0.2, 0.25) is 0 Å². The molecule has 0 radical (unpaired) electrons. The van der Waals surface area contributed by atoms with Gasteiger partial charge >= 0.3 is 0 Å². The molecule has 0 aliphatic rings. The number of carbonyl (C=O) groups is 1. The molecule has 128 valence electrons. The number of rotatable bonds is 7. The molecule has 5 nitrogen and oxygen atoms in total. The minimum atomic E-state index is -0.287. The predicted octanol–water partition coefficient (Wildman–Crippen LogP) is 2.46. The first-order valence-corrected chi connectivity index (χ1v) is 8.18. The lowest BCUT2D eigenvalue weighted by Gasteiger charge is -2.26. The van der Waals surface area contributed by atoms with Crippen LogP contribution in [-0.2, 0) is 11.3 Å². The topological polar surface area (TPSA) is 48.5 Å². The smallest absolute Gasteiger partial charge is 0.242 e. The molecule has 1 atom stereocenters. The highest BCUT2D eigenvalue weighted by atomic mass is 16.2. The van der Waals surface area contributed by atoms with E-state index >= 15 is 0 Å². The molecular weight excluding hydrogens is 300 g/mol. The molecule has 1 aromatic heterocycles. The number of carbonyl (C=O) groups excluding carboxylic acids is 1. The Morgan fingerprint density at radius 3 is 2.38 bits per heavy atom. The molecule has 0 saturated heterocycles. The van der Waals surface area contributed by atoms with Gasteiger partial charge in [0.2, 0.25) is 5.91 Å². The lowest BCUT2D eigenvalue weighted by Crippen LogP contribution is -2.38. The van der Waals surface area contributed by atoms with Crippen molar-refractivity contribution in [2.24, 2.45) is 0 Å². The monoisotopic (exact) mass is 326 g/mol. The van der Waals surface area contributed by atoms with Crippen molar-refractivity contribution >= 4 is 11.7 Å². The number of nitrogens with zero attached hydrogens (tertiary/aromatic N) is 3. The number of nitrogens with one attached hydrogen (secondary N) is 1. The molecular formula is C19H26N4O. The Hall–Kier alpha value is -2.40. The summed E-state index contributed by atoms with van der Waals surface area (Å²) in [5, 5.41) is 3.03. The van der Waals surface area contributed by atoms with Crippen molar-refractivity contribution in [3.05, 3.63) is 59.8 Å². The summed E-state index contributed by atoms with van der Waals surface area (Å²) >= 11 is 0. The van der Waals surface area contributed by atoms with E-state index in [0.717, 1.165) is 23.5 Å². The molecule has 1 aromatic carbocycles. The van der Waals surface area contributed by atoms with Gasteiger partial charge in [-0.2, -0.15) is 0 Å². The molecule has 0 bridgehead atoms. The highest BCUT2D eigenvalue weighted by Gasteiger charge is 2.23. The predicted molar refractivity (Wildman–Crippen MR) is 97.9 cm³/mol. The minimum absolute atomic E-state index is 0.00207. The van der Waals surface area contributed by atoms with Crippen molar-refractivity contribution in [2.45, 2.75) is 19.5 Å². The molecule has 0 saturated carbocycles. The van der Waals surface area contributed by atoms with Crippen LogP contribution in [0.5, 0.6) is 0 Å². The van der Waals surface area contributed by atoms with Gasteiger partial charge in [-0.3, -0.25) is 9.69 Å². The maximum Gasteiger partial charge on any atom is 0.242 e. The molecule has 0 fully saturated rings. The van der Waals surface area contributed by atoms with Crippen LogP contribution in [0.15, 0.2) is 48.7 Å². The number of likely N-dealkylation sites (N-methyl/N-ethyl adjacent to an activating group) is 1. The van der Waals surface area contributed by atoms with Crippen molar-refractivity contribution < 1.29 is 4.79 Å². The summed E-state index contributed by atoms with van der Waals surface area (Å²) in [7, 11) is 5.87. The zero-order chi connectivity index (χ0) is 17.5. The van der Waals surface area contributed by atoms with Gasteiger partial charge in [0.1, 0.15) is 11.9 Å². The minimum Gasteiger partial charge on any atom is -0.363 e. The molecule has 1 N–H and O–H groups in total. The molecule has 5 heteroatoms. The lowest BCUT2D eigenvalue weighted by molar-refractivity contribution is -0.126. The average Bonchev–Trinajstić information content (AvgIpc) is 2.61. The first-order valence-electron chi connectivity index (χ1n) is 8.18. The number of benzene rings is 1. The fourth-order valence-electron chi connectivity index (χ4n) is 2.50. The van der Waals surface area contributed by atoms with Crippen LogP contribution in [0, 0.1) is 0 Å². The van der Waals surface area contributed by atoms with Crippen LogP contribution in [-0.4, -0.2) is 43.5 Å². The number of hydrogen-bond acceptors (Lipinski definition) is 4. The van der Waals surface area contributed by atoms with E-state index in [4.69, 9.17) is 0 Å². The summed E-state index contributed by atoms with van der Waals surface area (Å²) in [5.74, 6) is 0.903. The summed E-state index contributed by atoms with van der Waals surface area (Å²) < 4.78 is 0. The van der Waals surface area contributed by atoms with Crippen LogP contribution in [0.25, 0.3) is 0 Å². The van der Waals surface area contributed by atoms with Gasteiger partial charge in [0.25, 0.3) is 0 Å². The van der Waals surface area contributed by atoms with E-state index in [1.165, 1.54) is 0 Å². The van der Waals surface area contributed by atoms with E-state index in [1.807, 2.05) is 80.3 Å². The molecule has 0 unspecified atom stereocenters. The van der Waals surface area contributed by atoms with E-state index < -0.39 is 0 Å². The Morgan fingerprint density at radius 2 is 1.83 bits per heavy atom. The van der Waals surface area contributed by atoms with Gasteiger partial charge < -0.3 is 10.2 Å². The van der Waals surface area contributed by atoms with Gasteiger partial charge in [0.15, 0.2) is 0 Å². The highest BCUT2D eigenvalue weighted by Crippen LogP contribution is 2.19. The maximum atomic E-state index is 12.7. The SMILES string of the molecule is CCN(C)[C@H](C(=O)NCc1ccc(N(C)C)nc1)c1ccccc1. The zero-order valence-corrected chi connectivity index (χ0v) is 14.9. The third kappa shape index (κ3) is 4.55. The van der Waals surface area contributed by atoms with Gasteiger partial charge in [-0.05, 0) is 30.8 Å². The molecule has 2 rings (SSSR count). The van der Waals surface area contributed by atoms with Gasteiger partial charge in [-0.15, -0.1) is 0 Å². The van der Waals surface area contributed by atoms with Crippen LogP contribution in [0.4, 0.5) is 5.82 Å². The fraction of sp³-hybridized carbons (Fsp3) is 0.368. The largest absolute Gasteiger partial charge is 0.363 e.